The molecule has 1 atom stereocenters. The molecule has 0 aliphatic heterocycles. The highest BCUT2D eigenvalue weighted by Gasteiger charge is 2.18. The van der Waals surface area contributed by atoms with Gasteiger partial charge in [0.1, 0.15) is 34.1 Å². The van der Waals surface area contributed by atoms with Gasteiger partial charge in [0, 0.05) is 46.0 Å². The first-order chi connectivity index (χ1) is 39.0. The number of carbonyl (C=O) groups is 3. The average molecular weight is 1120 g/mol. The zero-order valence-corrected chi connectivity index (χ0v) is 45.4. The molecule has 0 fully saturated rings. The van der Waals surface area contributed by atoms with Gasteiger partial charge in [0.2, 0.25) is 0 Å². The topological polar surface area (TPSA) is 301 Å². The molecule has 7 heterocycles. The highest BCUT2D eigenvalue weighted by atomic mass is 32.2. The molecule has 402 valence electrons. The SMILES string of the molecule is C/C=C(\C)C(=O)Nc1cccc(CSc2ncnc3[nH]ncc23)c1.Cc1cc(C(=O)Nc2cccc(CSc3ncnc4[nH]ncc34)c2)oc(=O)c1.O=C(Nc1cccc(CSc2ncnc3[nH]ncc23)c1)C(O)c1ccccc1. The predicted octanol–water partition coefficient (Wildman–Crippen LogP) is 10.0. The summed E-state index contributed by atoms with van der Waals surface area (Å²) in [5, 5.41) is 44.3. The van der Waals surface area contributed by atoms with Gasteiger partial charge in [-0.1, -0.05) is 72.8 Å². The highest BCUT2D eigenvalue weighted by Crippen LogP contribution is 2.30. The van der Waals surface area contributed by atoms with Crippen molar-refractivity contribution in [2.75, 3.05) is 16.0 Å². The molecule has 11 rings (SSSR count). The van der Waals surface area contributed by atoms with Crippen molar-refractivity contribution in [2.24, 2.45) is 0 Å². The number of nitrogens with one attached hydrogen (secondary N) is 6. The number of rotatable bonds is 16. The largest absolute Gasteiger partial charge is 0.417 e. The Bertz CT molecular complexity index is 4040. The summed E-state index contributed by atoms with van der Waals surface area (Å²) in [7, 11) is 0. The van der Waals surface area contributed by atoms with Crippen molar-refractivity contribution in [1.82, 2.24) is 60.5 Å². The van der Waals surface area contributed by atoms with Crippen LogP contribution in [0.4, 0.5) is 17.1 Å². The molecule has 0 spiro atoms. The lowest BCUT2D eigenvalue weighted by atomic mass is 10.1. The molecule has 80 heavy (non-hydrogen) atoms. The first kappa shape index (κ1) is 55.4. The predicted molar refractivity (Wildman–Crippen MR) is 309 cm³/mol. The summed E-state index contributed by atoms with van der Waals surface area (Å²) in [5.41, 5.74) is 8.66. The Morgan fingerprint density at radius 2 is 1.04 bits per heavy atom. The quantitative estimate of drug-likeness (QED) is 0.0269. The Balaban J connectivity index is 0.000000146. The molecule has 24 heteroatoms. The van der Waals surface area contributed by atoms with Crippen LogP contribution in [0.1, 0.15) is 58.3 Å². The molecule has 0 aliphatic rings. The normalized spacial score (nSPS) is 11.5. The van der Waals surface area contributed by atoms with E-state index in [4.69, 9.17) is 4.42 Å². The molecule has 0 saturated heterocycles. The van der Waals surface area contributed by atoms with Gasteiger partial charge in [-0.2, -0.15) is 15.3 Å². The van der Waals surface area contributed by atoms with Crippen molar-refractivity contribution in [2.45, 2.75) is 59.2 Å². The van der Waals surface area contributed by atoms with Crippen LogP contribution in [-0.4, -0.2) is 83.3 Å². The highest BCUT2D eigenvalue weighted by molar-refractivity contribution is 7.99. The maximum atomic E-state index is 12.3. The van der Waals surface area contributed by atoms with Crippen molar-refractivity contribution in [1.29, 1.82) is 0 Å². The number of benzene rings is 4. The van der Waals surface area contributed by atoms with E-state index in [1.807, 2.05) is 73.7 Å². The molecule has 7 N–H and O–H groups in total. The zero-order valence-electron chi connectivity index (χ0n) is 42.9. The number of aromatic nitrogens is 12. The fourth-order valence-corrected chi connectivity index (χ4v) is 10.2. The molecule has 4 aromatic carbocycles. The molecular weight excluding hydrogens is 1070 g/mol. The van der Waals surface area contributed by atoms with Gasteiger partial charge < -0.3 is 25.5 Å². The van der Waals surface area contributed by atoms with E-state index >= 15 is 0 Å². The number of carbonyl (C=O) groups excluding carboxylic acids is 3. The average Bonchev–Trinajstić information content (AvgIpc) is 4.29. The van der Waals surface area contributed by atoms with E-state index in [1.54, 1.807) is 110 Å². The van der Waals surface area contributed by atoms with Crippen molar-refractivity contribution >= 4 is 103 Å². The Hall–Kier alpha value is -9.36. The first-order valence-corrected chi connectivity index (χ1v) is 27.4. The minimum Gasteiger partial charge on any atom is -0.417 e. The van der Waals surface area contributed by atoms with Crippen molar-refractivity contribution in [3.63, 3.8) is 0 Å². The fraction of sp³-hybridized carbons (Fsp3) is 0.125. The number of hydrogen-bond donors (Lipinski definition) is 7. The van der Waals surface area contributed by atoms with Crippen molar-refractivity contribution in [3.05, 3.63) is 208 Å². The molecule has 3 amide bonds. The number of aryl methyl sites for hydroxylation is 1. The molecule has 0 bridgehead atoms. The van der Waals surface area contributed by atoms with Gasteiger partial charge in [0.25, 0.3) is 17.7 Å². The third-order valence-electron chi connectivity index (χ3n) is 11.6. The van der Waals surface area contributed by atoms with Gasteiger partial charge >= 0.3 is 5.63 Å². The van der Waals surface area contributed by atoms with Gasteiger partial charge in [0.05, 0.1) is 34.7 Å². The molecule has 0 saturated carbocycles. The Labute approximate surface area is 468 Å². The van der Waals surface area contributed by atoms with Crippen LogP contribution in [0.3, 0.4) is 0 Å². The number of aromatic amines is 3. The summed E-state index contributed by atoms with van der Waals surface area (Å²) in [4.78, 5) is 73.4. The second-order valence-corrected chi connectivity index (χ2v) is 20.3. The number of aliphatic hydroxyl groups excluding tert-OH is 1. The number of thioether (sulfide) groups is 3. The lowest BCUT2D eigenvalue weighted by Gasteiger charge is -2.12. The molecule has 21 nitrogen and oxygen atoms in total. The summed E-state index contributed by atoms with van der Waals surface area (Å²) in [6, 6.07) is 34.5. The maximum Gasteiger partial charge on any atom is 0.336 e. The van der Waals surface area contributed by atoms with E-state index in [-0.39, 0.29) is 11.7 Å². The second kappa shape index (κ2) is 26.8. The van der Waals surface area contributed by atoms with E-state index in [9.17, 15) is 24.3 Å². The van der Waals surface area contributed by atoms with Crippen LogP contribution in [0.2, 0.25) is 0 Å². The van der Waals surface area contributed by atoms with Gasteiger partial charge in [-0.15, -0.1) is 35.3 Å². The molecule has 0 radical (unpaired) electrons. The molecule has 1 unspecified atom stereocenters. The summed E-state index contributed by atoms with van der Waals surface area (Å²) in [5.74, 6) is 1.02. The first-order valence-electron chi connectivity index (χ1n) is 24.4. The summed E-state index contributed by atoms with van der Waals surface area (Å²) in [6.45, 7) is 5.37. The third-order valence-corrected chi connectivity index (χ3v) is 14.8. The summed E-state index contributed by atoms with van der Waals surface area (Å²) >= 11 is 4.73. The summed E-state index contributed by atoms with van der Waals surface area (Å²) < 4.78 is 4.97. The lowest BCUT2D eigenvalue weighted by Crippen LogP contribution is -2.20. The fourth-order valence-electron chi connectivity index (χ4n) is 7.51. The van der Waals surface area contributed by atoms with Crippen molar-refractivity contribution < 1.29 is 23.9 Å². The number of anilines is 3. The van der Waals surface area contributed by atoms with Crippen LogP contribution in [-0.2, 0) is 26.8 Å². The lowest BCUT2D eigenvalue weighted by molar-refractivity contribution is -0.124. The van der Waals surface area contributed by atoms with Gasteiger partial charge in [0.15, 0.2) is 28.8 Å². The van der Waals surface area contributed by atoms with Crippen LogP contribution in [0.15, 0.2) is 189 Å². The van der Waals surface area contributed by atoms with Gasteiger partial charge in [-0.25, -0.2) is 34.7 Å². The molecule has 11 aromatic rings. The van der Waals surface area contributed by atoms with E-state index in [0.717, 1.165) is 65.0 Å². The van der Waals surface area contributed by atoms with E-state index in [0.29, 0.717) is 50.9 Å². The molecule has 7 aromatic heterocycles. The number of nitrogens with zero attached hydrogens (tertiary/aromatic N) is 9. The summed E-state index contributed by atoms with van der Waals surface area (Å²) in [6.07, 6.45) is 10.2. The monoisotopic (exact) mass is 1120 g/mol. The Morgan fingerprint density at radius 1 is 0.588 bits per heavy atom. The zero-order chi connectivity index (χ0) is 55.8. The maximum absolute atomic E-state index is 12.3. The molecular formula is C56H49N15O6S3. The Kier molecular flexibility index (Phi) is 18.6. The number of hydrogen-bond acceptors (Lipinski definition) is 18. The Morgan fingerprint density at radius 3 is 1.49 bits per heavy atom. The van der Waals surface area contributed by atoms with Crippen LogP contribution in [0, 0.1) is 6.92 Å². The minimum absolute atomic E-state index is 0.0203. The van der Waals surface area contributed by atoms with Crippen LogP contribution >= 0.6 is 35.3 Å². The van der Waals surface area contributed by atoms with Crippen LogP contribution < -0.4 is 21.6 Å². The number of amides is 3. The smallest absolute Gasteiger partial charge is 0.336 e. The minimum atomic E-state index is -1.21. The van der Waals surface area contributed by atoms with Gasteiger partial charge in [-0.05, 0) is 91.1 Å². The standard InChI is InChI=1S/C20H17N5O2S.C19H15N5O3S.C17H17N5OS/c26-17(14-6-2-1-3-7-14)19(27)24-15-8-4-5-13(9-15)11-28-20-16-10-23-25-18(16)21-12-22-20;1-11-5-15(27-16(25)6-11)18(26)23-13-4-2-3-12(7-13)9-28-19-14-8-22-24-17(14)20-10-21-19;1-3-11(2)16(23)21-13-6-4-5-12(7-13)9-24-17-14-8-20-22-15(14)18-10-19-17/h1-10,12,17,26H,11H2,(H,24,27)(H,21,22,23,25);2-8,10H,9H2,1H3,(H,23,26)(H,20,21,22,24);3-8,10H,9H2,1-2H3,(H,21,23)(H,18,19,20,22)/b;;11-3+. The second-order valence-electron chi connectivity index (χ2n) is 17.4. The number of aliphatic hydroxyl groups is 1. The number of allylic oxidation sites excluding steroid dienone is 1. The van der Waals surface area contributed by atoms with E-state index in [1.165, 1.54) is 31.1 Å². The number of fused-ring (bicyclic) bond motifs is 3. The molecule has 0 aliphatic carbocycles. The number of H-pyrrole nitrogens is 3. The third kappa shape index (κ3) is 14.8. The van der Waals surface area contributed by atoms with Crippen LogP contribution in [0.5, 0.6) is 0 Å². The van der Waals surface area contributed by atoms with E-state index < -0.39 is 23.5 Å². The van der Waals surface area contributed by atoms with Crippen molar-refractivity contribution in [3.8, 4) is 0 Å². The van der Waals surface area contributed by atoms with Gasteiger partial charge in [-0.3, -0.25) is 29.7 Å². The van der Waals surface area contributed by atoms with E-state index in [2.05, 4.69) is 76.4 Å². The van der Waals surface area contributed by atoms with Crippen LogP contribution in [0.25, 0.3) is 33.1 Å².